The molecule has 0 saturated carbocycles. The van der Waals surface area contributed by atoms with Crippen LogP contribution >= 0.6 is 12.2 Å². The maximum atomic E-state index is 14.1. The van der Waals surface area contributed by atoms with Crippen LogP contribution in [0.1, 0.15) is 22.3 Å². The Morgan fingerprint density at radius 3 is 2.29 bits per heavy atom. The van der Waals surface area contributed by atoms with Crippen molar-refractivity contribution in [1.29, 1.82) is 0 Å². The Kier molecular flexibility index (Phi) is 4.58. The molecule has 0 aliphatic heterocycles. The van der Waals surface area contributed by atoms with Gasteiger partial charge in [0.05, 0.1) is 0 Å². The number of anilines is 1. The van der Waals surface area contributed by atoms with Crippen LogP contribution in [0.15, 0.2) is 36.4 Å². The first-order valence-electron chi connectivity index (χ1n) is 6.74. The van der Waals surface area contributed by atoms with Gasteiger partial charge in [0, 0.05) is 30.4 Å². The van der Waals surface area contributed by atoms with Crippen LogP contribution in [0, 0.1) is 19.7 Å². The van der Waals surface area contributed by atoms with Crippen molar-refractivity contribution in [1.82, 2.24) is 0 Å². The number of nitrogens with zero attached hydrogens (tertiary/aromatic N) is 1. The van der Waals surface area contributed by atoms with Crippen molar-refractivity contribution in [3.8, 4) is 0 Å². The Bertz CT molecular complexity index is 662. The molecule has 21 heavy (non-hydrogen) atoms. The Labute approximate surface area is 130 Å². The lowest BCUT2D eigenvalue weighted by Gasteiger charge is -2.21. The van der Waals surface area contributed by atoms with Gasteiger partial charge in [-0.2, -0.15) is 0 Å². The smallest absolute Gasteiger partial charge is 0.128 e. The van der Waals surface area contributed by atoms with Crippen molar-refractivity contribution < 1.29 is 4.39 Å². The summed E-state index contributed by atoms with van der Waals surface area (Å²) in [6.45, 7) is 4.61. The molecule has 0 amide bonds. The van der Waals surface area contributed by atoms with Gasteiger partial charge in [-0.3, -0.25) is 0 Å². The largest absolute Gasteiger partial charge is 0.389 e. The molecule has 0 fully saturated rings. The van der Waals surface area contributed by atoms with Crippen molar-refractivity contribution in [3.05, 3.63) is 64.5 Å². The molecule has 0 unspecified atom stereocenters. The van der Waals surface area contributed by atoms with E-state index in [9.17, 15) is 4.39 Å². The summed E-state index contributed by atoms with van der Waals surface area (Å²) in [5.74, 6) is -0.281. The Morgan fingerprint density at radius 2 is 1.76 bits per heavy atom. The Balaban J connectivity index is 2.23. The normalized spacial score (nSPS) is 10.5. The fourth-order valence-corrected chi connectivity index (χ4v) is 2.47. The van der Waals surface area contributed by atoms with Gasteiger partial charge in [-0.1, -0.05) is 30.4 Å². The van der Waals surface area contributed by atoms with E-state index in [0.29, 0.717) is 17.7 Å². The van der Waals surface area contributed by atoms with Crippen LogP contribution in [0.5, 0.6) is 0 Å². The lowest BCUT2D eigenvalue weighted by Crippen LogP contribution is -2.18. The van der Waals surface area contributed by atoms with Crippen LogP contribution in [0.2, 0.25) is 0 Å². The van der Waals surface area contributed by atoms with Crippen LogP contribution in [-0.2, 0) is 6.54 Å². The van der Waals surface area contributed by atoms with Gasteiger partial charge in [0.2, 0.25) is 0 Å². The summed E-state index contributed by atoms with van der Waals surface area (Å²) in [4.78, 5) is 2.24. The summed E-state index contributed by atoms with van der Waals surface area (Å²) in [6, 6.07) is 11.2. The van der Waals surface area contributed by atoms with Crippen molar-refractivity contribution in [2.75, 3.05) is 11.9 Å². The van der Waals surface area contributed by atoms with Crippen LogP contribution in [0.25, 0.3) is 0 Å². The van der Waals surface area contributed by atoms with Gasteiger partial charge in [-0.05, 0) is 43.2 Å². The van der Waals surface area contributed by atoms with Gasteiger partial charge >= 0.3 is 0 Å². The number of nitrogens with two attached hydrogens (primary N) is 1. The molecule has 2 aromatic rings. The van der Waals surface area contributed by atoms with Crippen molar-refractivity contribution in [2.45, 2.75) is 20.4 Å². The molecule has 2 N–H and O–H groups in total. The zero-order valence-electron chi connectivity index (χ0n) is 12.5. The monoisotopic (exact) mass is 302 g/mol. The van der Waals surface area contributed by atoms with Gasteiger partial charge < -0.3 is 10.6 Å². The van der Waals surface area contributed by atoms with Crippen LogP contribution in [-0.4, -0.2) is 12.0 Å². The zero-order chi connectivity index (χ0) is 15.6. The molecule has 0 atom stereocenters. The zero-order valence-corrected chi connectivity index (χ0v) is 13.3. The molecule has 4 heteroatoms. The SMILES string of the molecule is Cc1cc(C)cc(N(C)Cc2ccc(C(N)=S)cc2F)c1. The van der Waals surface area contributed by atoms with Crippen molar-refractivity contribution in [2.24, 2.45) is 5.73 Å². The second-order valence-electron chi connectivity index (χ2n) is 5.37. The second-order valence-corrected chi connectivity index (χ2v) is 5.81. The molecule has 0 aromatic heterocycles. The minimum atomic E-state index is -0.281. The van der Waals surface area contributed by atoms with Crippen molar-refractivity contribution in [3.63, 3.8) is 0 Å². The molecule has 0 spiro atoms. The third kappa shape index (κ3) is 3.79. The van der Waals surface area contributed by atoms with E-state index >= 15 is 0 Å². The summed E-state index contributed by atoms with van der Waals surface area (Å²) in [6.07, 6.45) is 0. The molecule has 0 aliphatic rings. The van der Waals surface area contributed by atoms with Gasteiger partial charge in [0.1, 0.15) is 10.8 Å². The molecule has 110 valence electrons. The summed E-state index contributed by atoms with van der Waals surface area (Å²) < 4.78 is 14.1. The molecular weight excluding hydrogens is 283 g/mol. The summed E-state index contributed by atoms with van der Waals surface area (Å²) in [5, 5.41) is 0. The van der Waals surface area contributed by atoms with E-state index in [2.05, 4.69) is 32.0 Å². The molecule has 0 bridgehead atoms. The number of thiocarbonyl (C=S) groups is 1. The van der Waals surface area contributed by atoms with Gasteiger partial charge in [-0.15, -0.1) is 0 Å². The third-order valence-electron chi connectivity index (χ3n) is 3.39. The van der Waals surface area contributed by atoms with E-state index in [1.807, 2.05) is 11.9 Å². The molecular formula is C17H19FN2S. The standard InChI is InChI=1S/C17H19FN2S/c1-11-6-12(2)8-15(7-11)20(3)10-14-5-4-13(17(19)21)9-16(14)18/h4-9H,10H2,1-3H3,(H2,19,21). The quantitative estimate of drug-likeness (QED) is 0.873. The van der Waals surface area contributed by atoms with Crippen LogP contribution in [0.3, 0.4) is 0 Å². The summed E-state index contributed by atoms with van der Waals surface area (Å²) in [7, 11) is 1.95. The third-order valence-corrected chi connectivity index (χ3v) is 3.63. The maximum Gasteiger partial charge on any atom is 0.128 e. The van der Waals surface area contributed by atoms with Gasteiger partial charge in [-0.25, -0.2) is 4.39 Å². The highest BCUT2D eigenvalue weighted by atomic mass is 32.1. The summed E-state index contributed by atoms with van der Waals surface area (Å²) >= 11 is 4.86. The van der Waals surface area contributed by atoms with E-state index in [0.717, 1.165) is 5.69 Å². The minimum absolute atomic E-state index is 0.211. The molecule has 2 nitrogen and oxygen atoms in total. The number of aryl methyl sites for hydroxylation is 2. The first kappa shape index (κ1) is 15.4. The van der Waals surface area contributed by atoms with E-state index in [4.69, 9.17) is 18.0 Å². The summed E-state index contributed by atoms with van der Waals surface area (Å²) in [5.41, 5.74) is 10.2. The lowest BCUT2D eigenvalue weighted by atomic mass is 10.1. The van der Waals surface area contributed by atoms with Crippen LogP contribution < -0.4 is 10.6 Å². The fraction of sp³-hybridized carbons (Fsp3) is 0.235. The van der Waals surface area contributed by atoms with E-state index < -0.39 is 0 Å². The minimum Gasteiger partial charge on any atom is -0.389 e. The predicted octanol–water partition coefficient (Wildman–Crippen LogP) is 3.71. The van der Waals surface area contributed by atoms with E-state index in [1.165, 1.54) is 17.2 Å². The molecule has 0 radical (unpaired) electrons. The highest BCUT2D eigenvalue weighted by molar-refractivity contribution is 7.80. The predicted molar refractivity (Wildman–Crippen MR) is 90.3 cm³/mol. The highest BCUT2D eigenvalue weighted by Gasteiger charge is 2.09. The first-order chi connectivity index (χ1) is 9.86. The van der Waals surface area contributed by atoms with Crippen molar-refractivity contribution >= 4 is 22.9 Å². The highest BCUT2D eigenvalue weighted by Crippen LogP contribution is 2.21. The number of benzene rings is 2. The second kappa shape index (κ2) is 6.22. The lowest BCUT2D eigenvalue weighted by molar-refractivity contribution is 0.607. The molecule has 0 heterocycles. The van der Waals surface area contributed by atoms with E-state index in [1.54, 1.807) is 12.1 Å². The number of rotatable bonds is 4. The topological polar surface area (TPSA) is 29.3 Å². The molecule has 2 aromatic carbocycles. The fourth-order valence-electron chi connectivity index (χ4n) is 2.35. The molecule has 0 aliphatic carbocycles. The van der Waals surface area contributed by atoms with Gasteiger partial charge in [0.15, 0.2) is 0 Å². The Morgan fingerprint density at radius 1 is 1.14 bits per heavy atom. The molecule has 0 saturated heterocycles. The molecule has 2 rings (SSSR count). The van der Waals surface area contributed by atoms with Gasteiger partial charge in [0.25, 0.3) is 0 Å². The first-order valence-corrected chi connectivity index (χ1v) is 7.15. The van der Waals surface area contributed by atoms with E-state index in [-0.39, 0.29) is 10.8 Å². The average Bonchev–Trinajstić information content (AvgIpc) is 2.39. The maximum absolute atomic E-state index is 14.1. The number of hydrogen-bond donors (Lipinski definition) is 1. The number of halogens is 1. The van der Waals surface area contributed by atoms with Crippen LogP contribution in [0.4, 0.5) is 10.1 Å². The Hall–Kier alpha value is -1.94. The number of hydrogen-bond acceptors (Lipinski definition) is 2. The average molecular weight is 302 g/mol.